The molecule has 0 unspecified atom stereocenters. The fraction of sp³-hybridized carbons (Fsp3) is 0.500. The van der Waals surface area contributed by atoms with Gasteiger partial charge >= 0.3 is 0 Å². The number of aromatic nitrogens is 1. The Morgan fingerprint density at radius 3 is 2.97 bits per heavy atom. The maximum atomic E-state index is 11.1. The summed E-state index contributed by atoms with van der Waals surface area (Å²) in [6.45, 7) is 8.25. The van der Waals surface area contributed by atoms with Gasteiger partial charge in [0.05, 0.1) is 22.7 Å². The molecule has 2 aromatic rings. The number of hydrogen-bond donors (Lipinski definition) is 1. The number of fused-ring (bicyclic) bond motifs is 1. The van der Waals surface area contributed by atoms with Gasteiger partial charge in [0.25, 0.3) is 5.69 Å². The molecule has 2 aliphatic heterocycles. The van der Waals surface area contributed by atoms with Crippen molar-refractivity contribution in [2.45, 2.75) is 50.3 Å². The van der Waals surface area contributed by atoms with Crippen LogP contribution in [0.25, 0.3) is 0 Å². The molecular formula is C24H29N5O3S. The third kappa shape index (κ3) is 5.46. The van der Waals surface area contributed by atoms with Crippen LogP contribution in [-0.4, -0.2) is 47.4 Å². The molecule has 4 rings (SSSR count). The molecule has 1 aromatic carbocycles. The minimum Gasteiger partial charge on any atom is -0.370 e. The molecule has 174 valence electrons. The highest BCUT2D eigenvalue weighted by molar-refractivity contribution is 7.99. The van der Waals surface area contributed by atoms with Crippen LogP contribution in [0.15, 0.2) is 29.3 Å². The highest BCUT2D eigenvalue weighted by Gasteiger charge is 2.33. The highest BCUT2D eigenvalue weighted by Crippen LogP contribution is 2.38. The first-order valence-corrected chi connectivity index (χ1v) is 12.3. The van der Waals surface area contributed by atoms with Crippen molar-refractivity contribution < 1.29 is 9.66 Å². The standard InChI is InChI=1S/C24H29N5O3S/c1-24(2)14-19-20(15-25)23(33-12-7-17-5-3-6-18(13-17)29(30)31)27-22(21(19)16-32-24)28-10-4-8-26-9-11-28/h3,5-6,13,26H,4,7-12,14,16H2,1-2H3. The SMILES string of the molecule is CC1(C)Cc2c(C#N)c(SCCc3cccc([N+](=O)[O-])c3)nc(N3CCCNCC3)c2CO1. The molecular weight excluding hydrogens is 438 g/mol. The van der Waals surface area contributed by atoms with Crippen LogP contribution in [0.5, 0.6) is 0 Å². The molecule has 8 nitrogen and oxygen atoms in total. The Balaban J connectivity index is 1.64. The number of rotatable bonds is 6. The van der Waals surface area contributed by atoms with Gasteiger partial charge in [-0.25, -0.2) is 4.98 Å². The summed E-state index contributed by atoms with van der Waals surface area (Å²) < 4.78 is 6.11. The molecule has 0 aliphatic carbocycles. The number of aryl methyl sites for hydroxylation is 1. The lowest BCUT2D eigenvalue weighted by Gasteiger charge is -2.35. The highest BCUT2D eigenvalue weighted by atomic mass is 32.2. The normalized spacial score (nSPS) is 17.7. The Morgan fingerprint density at radius 1 is 1.33 bits per heavy atom. The van der Waals surface area contributed by atoms with E-state index in [0.29, 0.717) is 30.8 Å². The molecule has 33 heavy (non-hydrogen) atoms. The van der Waals surface area contributed by atoms with Gasteiger partial charge in [-0.3, -0.25) is 10.1 Å². The first-order chi connectivity index (χ1) is 15.9. The summed E-state index contributed by atoms with van der Waals surface area (Å²) in [4.78, 5) is 18.0. The van der Waals surface area contributed by atoms with Gasteiger partial charge in [-0.2, -0.15) is 5.26 Å². The van der Waals surface area contributed by atoms with E-state index in [-0.39, 0.29) is 16.2 Å². The van der Waals surface area contributed by atoms with Crippen LogP contribution in [0, 0.1) is 21.4 Å². The summed E-state index contributed by atoms with van der Waals surface area (Å²) in [5, 5.41) is 25.3. The summed E-state index contributed by atoms with van der Waals surface area (Å²) in [5.74, 6) is 1.61. The number of nitriles is 1. The first kappa shape index (κ1) is 23.5. The monoisotopic (exact) mass is 467 g/mol. The molecule has 1 saturated heterocycles. The van der Waals surface area contributed by atoms with Crippen molar-refractivity contribution in [2.24, 2.45) is 0 Å². The summed E-state index contributed by atoms with van der Waals surface area (Å²) >= 11 is 1.55. The predicted molar refractivity (Wildman–Crippen MR) is 129 cm³/mol. The average molecular weight is 468 g/mol. The van der Waals surface area contributed by atoms with Gasteiger partial charge in [-0.15, -0.1) is 11.8 Å². The Bertz CT molecular complexity index is 1070. The first-order valence-electron chi connectivity index (χ1n) is 11.3. The average Bonchev–Trinajstić information content (AvgIpc) is 3.07. The van der Waals surface area contributed by atoms with E-state index in [4.69, 9.17) is 9.72 Å². The van der Waals surface area contributed by atoms with E-state index in [1.54, 1.807) is 23.9 Å². The number of nitro groups is 1. The van der Waals surface area contributed by atoms with Gasteiger partial charge in [0.2, 0.25) is 0 Å². The molecule has 1 N–H and O–H groups in total. The van der Waals surface area contributed by atoms with Gasteiger partial charge in [0.1, 0.15) is 16.9 Å². The van der Waals surface area contributed by atoms with Gasteiger partial charge in [-0.05, 0) is 44.4 Å². The summed E-state index contributed by atoms with van der Waals surface area (Å²) in [6, 6.07) is 9.14. The zero-order valence-corrected chi connectivity index (χ0v) is 19.9. The lowest BCUT2D eigenvalue weighted by Crippen LogP contribution is -2.36. The molecule has 0 atom stereocenters. The van der Waals surface area contributed by atoms with E-state index >= 15 is 0 Å². The third-order valence-electron chi connectivity index (χ3n) is 6.07. The van der Waals surface area contributed by atoms with Crippen molar-refractivity contribution in [3.8, 4) is 6.07 Å². The van der Waals surface area contributed by atoms with Gasteiger partial charge in [-0.1, -0.05) is 12.1 Å². The van der Waals surface area contributed by atoms with E-state index in [1.807, 2.05) is 6.07 Å². The van der Waals surface area contributed by atoms with Crippen LogP contribution in [0.4, 0.5) is 11.5 Å². The predicted octanol–water partition coefficient (Wildman–Crippen LogP) is 3.85. The fourth-order valence-corrected chi connectivity index (χ4v) is 5.35. The third-order valence-corrected chi connectivity index (χ3v) is 7.05. The molecule has 2 aliphatic rings. The Labute approximate surface area is 198 Å². The summed E-state index contributed by atoms with van der Waals surface area (Å²) in [6.07, 6.45) is 2.37. The maximum absolute atomic E-state index is 11.1. The molecule has 0 saturated carbocycles. The zero-order valence-electron chi connectivity index (χ0n) is 19.1. The molecule has 0 radical (unpaired) electrons. The second-order valence-corrected chi connectivity index (χ2v) is 10.1. The molecule has 9 heteroatoms. The smallest absolute Gasteiger partial charge is 0.269 e. The van der Waals surface area contributed by atoms with Crippen LogP contribution in [0.2, 0.25) is 0 Å². The number of anilines is 1. The van der Waals surface area contributed by atoms with Gasteiger partial charge < -0.3 is 15.0 Å². The number of ether oxygens (including phenoxy) is 1. The molecule has 1 aromatic heterocycles. The van der Waals surface area contributed by atoms with Crippen LogP contribution in [0.1, 0.15) is 42.5 Å². The van der Waals surface area contributed by atoms with Crippen LogP contribution < -0.4 is 10.2 Å². The number of non-ortho nitro benzene ring substituents is 1. The van der Waals surface area contributed by atoms with Gasteiger partial charge in [0.15, 0.2) is 0 Å². The molecule has 0 amide bonds. The van der Waals surface area contributed by atoms with Crippen molar-refractivity contribution in [1.82, 2.24) is 10.3 Å². The van der Waals surface area contributed by atoms with Crippen molar-refractivity contribution in [3.63, 3.8) is 0 Å². The number of hydrogen-bond acceptors (Lipinski definition) is 8. The number of benzene rings is 1. The minimum absolute atomic E-state index is 0.0985. The minimum atomic E-state index is -0.373. The fourth-order valence-electron chi connectivity index (χ4n) is 4.36. The topological polar surface area (TPSA) is 104 Å². The number of nitrogens with zero attached hydrogens (tertiary/aromatic N) is 4. The second-order valence-electron chi connectivity index (χ2n) is 9.03. The van der Waals surface area contributed by atoms with Crippen molar-refractivity contribution in [1.29, 1.82) is 5.26 Å². The van der Waals surface area contributed by atoms with Crippen LogP contribution in [-0.2, 0) is 24.2 Å². The zero-order chi connectivity index (χ0) is 23.4. The van der Waals surface area contributed by atoms with Crippen molar-refractivity contribution in [2.75, 3.05) is 36.8 Å². The Morgan fingerprint density at radius 2 is 2.18 bits per heavy atom. The Kier molecular flexibility index (Phi) is 7.17. The van der Waals surface area contributed by atoms with Crippen LogP contribution >= 0.6 is 11.8 Å². The lowest BCUT2D eigenvalue weighted by molar-refractivity contribution is -0.384. The van der Waals surface area contributed by atoms with E-state index in [1.165, 1.54) is 6.07 Å². The Hall–Kier alpha value is -2.67. The number of nitro benzene ring substituents is 1. The molecule has 1 fully saturated rings. The molecule has 0 bridgehead atoms. The summed E-state index contributed by atoms with van der Waals surface area (Å²) in [5.41, 5.74) is 3.40. The number of thioether (sulfide) groups is 1. The van der Waals surface area contributed by atoms with E-state index in [0.717, 1.165) is 60.1 Å². The molecule has 3 heterocycles. The maximum Gasteiger partial charge on any atom is 0.269 e. The lowest BCUT2D eigenvalue weighted by atomic mass is 9.89. The molecule has 0 spiro atoms. The number of nitrogens with one attached hydrogen (secondary N) is 1. The number of pyridine rings is 1. The van der Waals surface area contributed by atoms with Crippen molar-refractivity contribution in [3.05, 3.63) is 56.6 Å². The largest absolute Gasteiger partial charge is 0.370 e. The quantitative estimate of drug-likeness (QED) is 0.388. The second kappa shape index (κ2) is 10.1. The van der Waals surface area contributed by atoms with E-state index in [2.05, 4.69) is 30.1 Å². The van der Waals surface area contributed by atoms with E-state index < -0.39 is 0 Å². The van der Waals surface area contributed by atoms with Crippen molar-refractivity contribution >= 4 is 23.3 Å². The van der Waals surface area contributed by atoms with E-state index in [9.17, 15) is 15.4 Å². The van der Waals surface area contributed by atoms with Gasteiger partial charge in [0, 0.05) is 49.5 Å². The van der Waals surface area contributed by atoms with Crippen LogP contribution in [0.3, 0.4) is 0 Å². The summed E-state index contributed by atoms with van der Waals surface area (Å²) in [7, 11) is 0.